The maximum absolute atomic E-state index is 12.6. The minimum absolute atomic E-state index is 0.216. The van der Waals surface area contributed by atoms with Crippen molar-refractivity contribution in [3.63, 3.8) is 0 Å². The van der Waals surface area contributed by atoms with Gasteiger partial charge in [0.15, 0.2) is 0 Å². The quantitative estimate of drug-likeness (QED) is 0.394. The zero-order chi connectivity index (χ0) is 21.2. The summed E-state index contributed by atoms with van der Waals surface area (Å²) in [6.45, 7) is 0.944. The van der Waals surface area contributed by atoms with Crippen molar-refractivity contribution >= 4 is 16.7 Å². The molecule has 2 N–H and O–H groups in total. The molecule has 0 aliphatic carbocycles. The number of hydrogen-bond acceptors (Lipinski definition) is 2. The third kappa shape index (κ3) is 3.97. The number of aliphatic carboxylic acids is 1. The van der Waals surface area contributed by atoms with Crippen LogP contribution in [0.1, 0.15) is 34.2 Å². The molecule has 1 aliphatic heterocycles. The lowest BCUT2D eigenvalue weighted by atomic mass is 9.76. The van der Waals surface area contributed by atoms with Gasteiger partial charge in [0.1, 0.15) is 0 Å². The standard InChI is InChI=1S/C28H25NO2/c30-28(31)24(26(20-10-3-1-4-11-20)21-12-5-2-6-13-21)17-22-16-15-19-9-7-8-14-23(19)27(22)25-18-29-25/h1-16,24-26,29H,17-18H2,(H,30,31)/t24?,25-/m0/s1. The largest absolute Gasteiger partial charge is 0.481 e. The fourth-order valence-electron chi connectivity index (χ4n) is 4.76. The van der Waals surface area contributed by atoms with Gasteiger partial charge in [0.05, 0.1) is 5.92 Å². The number of carbonyl (C=O) groups is 1. The molecule has 0 bridgehead atoms. The van der Waals surface area contributed by atoms with Gasteiger partial charge in [-0.1, -0.05) is 97.1 Å². The average molecular weight is 408 g/mol. The van der Waals surface area contributed by atoms with Gasteiger partial charge < -0.3 is 10.4 Å². The Balaban J connectivity index is 1.61. The van der Waals surface area contributed by atoms with Crippen molar-refractivity contribution in [2.75, 3.05) is 6.54 Å². The fourth-order valence-corrected chi connectivity index (χ4v) is 4.76. The van der Waals surface area contributed by atoms with E-state index in [4.69, 9.17) is 0 Å². The van der Waals surface area contributed by atoms with Crippen LogP contribution in [0, 0.1) is 5.92 Å². The summed E-state index contributed by atoms with van der Waals surface area (Å²) in [7, 11) is 0. The van der Waals surface area contributed by atoms with E-state index in [9.17, 15) is 9.90 Å². The van der Waals surface area contributed by atoms with Crippen molar-refractivity contribution in [1.82, 2.24) is 5.32 Å². The Morgan fingerprint density at radius 2 is 1.42 bits per heavy atom. The van der Waals surface area contributed by atoms with Gasteiger partial charge in [0, 0.05) is 18.5 Å². The highest BCUT2D eigenvalue weighted by Crippen LogP contribution is 2.38. The van der Waals surface area contributed by atoms with E-state index in [1.165, 1.54) is 16.3 Å². The van der Waals surface area contributed by atoms with Gasteiger partial charge in [-0.05, 0) is 39.4 Å². The van der Waals surface area contributed by atoms with Crippen molar-refractivity contribution in [1.29, 1.82) is 0 Å². The maximum atomic E-state index is 12.6. The highest BCUT2D eigenvalue weighted by atomic mass is 16.4. The SMILES string of the molecule is O=C(O)C(Cc1ccc2ccccc2c1[C@@H]1CN1)C(c1ccccc1)c1ccccc1. The molecule has 1 fully saturated rings. The van der Waals surface area contributed by atoms with E-state index >= 15 is 0 Å². The monoisotopic (exact) mass is 407 g/mol. The van der Waals surface area contributed by atoms with Crippen molar-refractivity contribution in [2.24, 2.45) is 5.92 Å². The molecule has 5 rings (SSSR count). The molecule has 1 saturated heterocycles. The number of carboxylic acids is 1. The van der Waals surface area contributed by atoms with Crippen molar-refractivity contribution < 1.29 is 9.90 Å². The molecular formula is C28H25NO2. The number of rotatable bonds is 7. The second kappa shape index (κ2) is 8.37. The van der Waals surface area contributed by atoms with E-state index in [1.54, 1.807) is 0 Å². The van der Waals surface area contributed by atoms with Crippen LogP contribution in [0.3, 0.4) is 0 Å². The second-order valence-corrected chi connectivity index (χ2v) is 8.27. The van der Waals surface area contributed by atoms with Crippen LogP contribution in [0.15, 0.2) is 97.1 Å². The van der Waals surface area contributed by atoms with Gasteiger partial charge in [-0.25, -0.2) is 0 Å². The first-order valence-corrected chi connectivity index (χ1v) is 10.8. The number of nitrogens with one attached hydrogen (secondary N) is 1. The fraction of sp³-hybridized carbons (Fsp3) is 0.179. The van der Waals surface area contributed by atoms with E-state index in [1.807, 2.05) is 66.7 Å². The Morgan fingerprint density at radius 1 is 0.839 bits per heavy atom. The summed E-state index contributed by atoms with van der Waals surface area (Å²) in [5.41, 5.74) is 4.45. The zero-order valence-electron chi connectivity index (χ0n) is 17.2. The van der Waals surface area contributed by atoms with E-state index in [2.05, 4.69) is 35.6 Å². The maximum Gasteiger partial charge on any atom is 0.307 e. The van der Waals surface area contributed by atoms with Crippen molar-refractivity contribution in [3.8, 4) is 0 Å². The molecule has 0 spiro atoms. The zero-order valence-corrected chi connectivity index (χ0v) is 17.2. The first kappa shape index (κ1) is 19.5. The highest BCUT2D eigenvalue weighted by Gasteiger charge is 2.34. The molecule has 0 radical (unpaired) electrons. The smallest absolute Gasteiger partial charge is 0.307 e. The van der Waals surface area contributed by atoms with Gasteiger partial charge in [-0.3, -0.25) is 4.79 Å². The summed E-state index contributed by atoms with van der Waals surface area (Å²) in [5, 5.41) is 16.2. The van der Waals surface area contributed by atoms with Crippen molar-refractivity contribution in [2.45, 2.75) is 18.4 Å². The summed E-state index contributed by atoms with van der Waals surface area (Å²) in [4.78, 5) is 12.6. The van der Waals surface area contributed by atoms with Crippen LogP contribution in [0.25, 0.3) is 10.8 Å². The predicted octanol–water partition coefficient (Wildman–Crippen LogP) is 5.56. The molecule has 1 heterocycles. The summed E-state index contributed by atoms with van der Waals surface area (Å²) < 4.78 is 0. The Kier molecular flexibility index (Phi) is 5.27. The molecule has 0 amide bonds. The highest BCUT2D eigenvalue weighted by molar-refractivity contribution is 5.88. The molecule has 4 aromatic rings. The van der Waals surface area contributed by atoms with Crippen LogP contribution in [-0.2, 0) is 11.2 Å². The van der Waals surface area contributed by atoms with Gasteiger partial charge in [-0.15, -0.1) is 0 Å². The summed E-state index contributed by atoms with van der Waals surface area (Å²) in [6.07, 6.45) is 0.488. The van der Waals surface area contributed by atoms with Crippen molar-refractivity contribution in [3.05, 3.63) is 119 Å². The molecule has 3 heteroatoms. The van der Waals surface area contributed by atoms with E-state index in [0.29, 0.717) is 12.5 Å². The third-order valence-corrected chi connectivity index (χ3v) is 6.29. The van der Waals surface area contributed by atoms with E-state index in [-0.39, 0.29) is 5.92 Å². The summed E-state index contributed by atoms with van der Waals surface area (Å²) in [5.74, 6) is -1.55. The van der Waals surface area contributed by atoms with Crippen LogP contribution in [0.5, 0.6) is 0 Å². The van der Waals surface area contributed by atoms with Crippen LogP contribution in [-0.4, -0.2) is 17.6 Å². The summed E-state index contributed by atoms with van der Waals surface area (Å²) in [6, 6.07) is 33.0. The van der Waals surface area contributed by atoms with Gasteiger partial charge in [0.2, 0.25) is 0 Å². The number of fused-ring (bicyclic) bond motifs is 1. The minimum Gasteiger partial charge on any atom is -0.481 e. The number of carboxylic acid groups (broad SMARTS) is 1. The molecule has 154 valence electrons. The van der Waals surface area contributed by atoms with E-state index in [0.717, 1.165) is 23.2 Å². The van der Waals surface area contributed by atoms with Gasteiger partial charge >= 0.3 is 5.97 Å². The molecule has 4 aromatic carbocycles. The molecule has 0 aromatic heterocycles. The Morgan fingerprint density at radius 3 is 2.00 bits per heavy atom. The molecule has 0 saturated carbocycles. The number of benzene rings is 4. The average Bonchev–Trinajstić information content (AvgIpc) is 3.65. The first-order chi connectivity index (χ1) is 15.2. The Hall–Kier alpha value is -3.43. The molecule has 31 heavy (non-hydrogen) atoms. The summed E-state index contributed by atoms with van der Waals surface area (Å²) >= 11 is 0. The van der Waals surface area contributed by atoms with Gasteiger partial charge in [0.25, 0.3) is 0 Å². The first-order valence-electron chi connectivity index (χ1n) is 10.8. The predicted molar refractivity (Wildman–Crippen MR) is 124 cm³/mol. The molecular weight excluding hydrogens is 382 g/mol. The van der Waals surface area contributed by atoms with Crippen LogP contribution < -0.4 is 5.32 Å². The lowest BCUT2D eigenvalue weighted by Crippen LogP contribution is -2.26. The van der Waals surface area contributed by atoms with Crippen LogP contribution in [0.2, 0.25) is 0 Å². The topological polar surface area (TPSA) is 59.2 Å². The molecule has 1 unspecified atom stereocenters. The lowest BCUT2D eigenvalue weighted by molar-refractivity contribution is -0.142. The van der Waals surface area contributed by atoms with E-state index < -0.39 is 11.9 Å². The lowest BCUT2D eigenvalue weighted by Gasteiger charge is -2.26. The van der Waals surface area contributed by atoms with Crippen LogP contribution >= 0.6 is 0 Å². The third-order valence-electron chi connectivity index (χ3n) is 6.29. The Bertz CT molecular complexity index is 1160. The number of hydrogen-bond donors (Lipinski definition) is 2. The molecule has 3 nitrogen and oxygen atoms in total. The normalized spacial score (nSPS) is 16.4. The molecule has 1 aliphatic rings. The molecule has 2 atom stereocenters. The minimum atomic E-state index is -0.763. The van der Waals surface area contributed by atoms with Gasteiger partial charge in [-0.2, -0.15) is 0 Å². The second-order valence-electron chi connectivity index (χ2n) is 8.27. The van der Waals surface area contributed by atoms with Crippen LogP contribution in [0.4, 0.5) is 0 Å². The Labute approximate surface area is 182 Å².